The van der Waals surface area contributed by atoms with Crippen molar-refractivity contribution in [2.24, 2.45) is 0 Å². The molecule has 0 saturated carbocycles. The molecule has 2 heteroatoms. The molecule has 1 N–H and O–H groups in total. The Hall–Kier alpha value is -2.35. The summed E-state index contributed by atoms with van der Waals surface area (Å²) in [5.74, 6) is 1.84. The van der Waals surface area contributed by atoms with Crippen LogP contribution in [0.4, 0.5) is 0 Å². The van der Waals surface area contributed by atoms with Crippen LogP contribution >= 0.6 is 0 Å². The van der Waals surface area contributed by atoms with Gasteiger partial charge in [0, 0.05) is 5.41 Å². The Bertz CT molecular complexity index is 1010. The molecule has 3 rings (SSSR count). The average Bonchev–Trinajstić information content (AvgIpc) is 3.44. The summed E-state index contributed by atoms with van der Waals surface area (Å²) in [5.41, 5.74) is 2.89. The Kier molecular flexibility index (Phi) is 15.2. The molecule has 0 aliphatic carbocycles. The van der Waals surface area contributed by atoms with Gasteiger partial charge in [0.05, 0.1) is 12.5 Å². The highest BCUT2D eigenvalue weighted by Crippen LogP contribution is 2.43. The van der Waals surface area contributed by atoms with Gasteiger partial charge in [0.25, 0.3) is 5.82 Å². The third-order valence-electron chi connectivity index (χ3n) is 9.05. The van der Waals surface area contributed by atoms with Crippen molar-refractivity contribution in [3.8, 4) is 0 Å². The molecule has 2 nitrogen and oxygen atoms in total. The maximum atomic E-state index is 3.71. The number of rotatable bonds is 22. The summed E-state index contributed by atoms with van der Waals surface area (Å²) < 4.78 is 2.49. The van der Waals surface area contributed by atoms with Crippen LogP contribution in [0.2, 0.25) is 0 Å². The number of nitrogens with one attached hydrogen (secondary N) is 1. The van der Waals surface area contributed by atoms with E-state index in [1.54, 1.807) is 0 Å². The van der Waals surface area contributed by atoms with E-state index < -0.39 is 0 Å². The molecule has 2 atom stereocenters. The molecule has 0 aliphatic heterocycles. The molecule has 2 unspecified atom stereocenters. The summed E-state index contributed by atoms with van der Waals surface area (Å²) in [7, 11) is 0. The summed E-state index contributed by atoms with van der Waals surface area (Å²) in [4.78, 5) is 3.71. The number of H-pyrrole nitrogens is 1. The molecule has 220 valence electrons. The maximum absolute atomic E-state index is 3.71. The zero-order chi connectivity index (χ0) is 28.3. The number of nitrogens with zero attached hydrogens (tertiary/aromatic N) is 1. The molecule has 2 aromatic carbocycles. The quantitative estimate of drug-likeness (QED) is 0.0960. The Balaban J connectivity index is 1.57. The summed E-state index contributed by atoms with van der Waals surface area (Å²) in [6.45, 7) is 8.17. The van der Waals surface area contributed by atoms with Crippen LogP contribution < -0.4 is 4.57 Å². The van der Waals surface area contributed by atoms with E-state index in [1.807, 2.05) is 0 Å². The fourth-order valence-corrected chi connectivity index (χ4v) is 6.68. The van der Waals surface area contributed by atoms with Gasteiger partial charge in [-0.3, -0.25) is 0 Å². The van der Waals surface area contributed by atoms with Crippen molar-refractivity contribution in [3.63, 3.8) is 0 Å². The van der Waals surface area contributed by atoms with Gasteiger partial charge in [0.2, 0.25) is 0 Å². The Morgan fingerprint density at radius 1 is 0.650 bits per heavy atom. The molecule has 0 fully saturated rings. The van der Waals surface area contributed by atoms with E-state index in [2.05, 4.69) is 103 Å². The van der Waals surface area contributed by atoms with Crippen molar-refractivity contribution in [3.05, 3.63) is 90.0 Å². The molecular formula is C38H59N2+. The minimum absolute atomic E-state index is 0.0134. The number of hydrogen-bond acceptors (Lipinski definition) is 0. The number of aromatic amines is 1. The van der Waals surface area contributed by atoms with Crippen molar-refractivity contribution < 1.29 is 4.57 Å². The second-order valence-electron chi connectivity index (χ2n) is 12.4. The maximum Gasteiger partial charge on any atom is 0.258 e. The minimum atomic E-state index is 0.0134. The lowest BCUT2D eigenvalue weighted by Crippen LogP contribution is -2.43. The van der Waals surface area contributed by atoms with Gasteiger partial charge in [-0.15, -0.1) is 0 Å². The molecule has 0 spiro atoms. The smallest absolute Gasteiger partial charge is 0.247 e. The van der Waals surface area contributed by atoms with Crippen LogP contribution in [0.25, 0.3) is 0 Å². The molecule has 1 heterocycles. The van der Waals surface area contributed by atoms with Crippen LogP contribution in [-0.2, 0) is 18.4 Å². The largest absolute Gasteiger partial charge is 0.258 e. The van der Waals surface area contributed by atoms with Gasteiger partial charge < -0.3 is 0 Å². The van der Waals surface area contributed by atoms with Crippen LogP contribution in [0.3, 0.4) is 0 Å². The molecule has 0 saturated heterocycles. The summed E-state index contributed by atoms with van der Waals surface area (Å²) in [5, 5.41) is 0. The van der Waals surface area contributed by atoms with Crippen LogP contribution in [-0.4, -0.2) is 4.98 Å². The zero-order valence-corrected chi connectivity index (χ0v) is 26.2. The number of aromatic nitrogens is 2. The van der Waals surface area contributed by atoms with E-state index in [0.29, 0.717) is 5.92 Å². The third-order valence-corrected chi connectivity index (χ3v) is 9.05. The lowest BCUT2D eigenvalue weighted by Gasteiger charge is -2.37. The molecular weight excluding hydrogens is 484 g/mol. The lowest BCUT2D eigenvalue weighted by atomic mass is 9.66. The number of imidazole rings is 1. The van der Waals surface area contributed by atoms with Crippen molar-refractivity contribution in [1.82, 2.24) is 4.98 Å². The predicted octanol–water partition coefficient (Wildman–Crippen LogP) is 10.9. The van der Waals surface area contributed by atoms with Crippen molar-refractivity contribution in [1.29, 1.82) is 0 Å². The summed E-state index contributed by atoms with van der Waals surface area (Å²) in [6, 6.07) is 22.4. The number of aryl methyl sites for hydroxylation is 1. The van der Waals surface area contributed by atoms with Crippen molar-refractivity contribution >= 4 is 0 Å². The van der Waals surface area contributed by atoms with E-state index in [1.165, 1.54) is 113 Å². The fourth-order valence-electron chi connectivity index (χ4n) is 6.68. The van der Waals surface area contributed by atoms with Gasteiger partial charge >= 0.3 is 0 Å². The zero-order valence-electron chi connectivity index (χ0n) is 26.2. The van der Waals surface area contributed by atoms with E-state index in [-0.39, 0.29) is 5.41 Å². The van der Waals surface area contributed by atoms with E-state index in [4.69, 9.17) is 0 Å². The van der Waals surface area contributed by atoms with Crippen molar-refractivity contribution in [2.75, 3.05) is 0 Å². The first-order chi connectivity index (χ1) is 19.7. The van der Waals surface area contributed by atoms with Gasteiger partial charge in [0.1, 0.15) is 12.4 Å². The highest BCUT2D eigenvalue weighted by Gasteiger charge is 2.41. The molecule has 0 amide bonds. The first-order valence-corrected chi connectivity index (χ1v) is 16.8. The Labute approximate surface area is 247 Å². The van der Waals surface area contributed by atoms with Crippen LogP contribution in [0, 0.1) is 0 Å². The second-order valence-corrected chi connectivity index (χ2v) is 12.4. The molecule has 1 aromatic heterocycles. The third kappa shape index (κ3) is 10.6. The van der Waals surface area contributed by atoms with Crippen LogP contribution in [0.1, 0.15) is 146 Å². The van der Waals surface area contributed by atoms with Gasteiger partial charge in [0.15, 0.2) is 0 Å². The molecule has 0 aliphatic rings. The average molecular weight is 544 g/mol. The topological polar surface area (TPSA) is 19.7 Å². The fraction of sp³-hybridized carbons (Fsp3) is 0.605. The number of unbranched alkanes of at least 4 members (excludes halogenated alkanes) is 13. The van der Waals surface area contributed by atoms with Gasteiger partial charge in [-0.05, 0) is 30.4 Å². The molecule has 3 aromatic rings. The van der Waals surface area contributed by atoms with E-state index in [0.717, 1.165) is 19.4 Å². The van der Waals surface area contributed by atoms with E-state index >= 15 is 0 Å². The van der Waals surface area contributed by atoms with Crippen LogP contribution in [0.15, 0.2) is 73.1 Å². The Morgan fingerprint density at radius 2 is 1.18 bits per heavy atom. The summed E-state index contributed by atoms with van der Waals surface area (Å²) >= 11 is 0. The number of benzene rings is 2. The summed E-state index contributed by atoms with van der Waals surface area (Å²) in [6.07, 6.45) is 27.6. The minimum Gasteiger partial charge on any atom is -0.247 e. The van der Waals surface area contributed by atoms with Crippen molar-refractivity contribution in [2.45, 2.75) is 148 Å². The molecule has 0 radical (unpaired) electrons. The SMILES string of the molecule is CCCCCCCCCCCCCCCCC(c1[nH]cc[n+]1CCC)C(C)(Cc1ccccc1)c1ccccc1. The molecule has 40 heavy (non-hydrogen) atoms. The second kappa shape index (κ2) is 18.9. The standard InChI is InChI=1S/C38H58N2/c1-4-6-7-8-9-10-11-12-13-14-15-16-17-24-29-36(37-39-30-32-40(37)31-5-2)38(3,35-27-22-19-23-28-35)33-34-25-20-18-21-26-34/h18-23,25-28,30,32,36H,4-17,24,29,31,33H2,1-3H3/p+1. The molecule has 0 bridgehead atoms. The highest BCUT2D eigenvalue weighted by atomic mass is 15.1. The highest BCUT2D eigenvalue weighted by molar-refractivity contribution is 5.32. The van der Waals surface area contributed by atoms with Gasteiger partial charge in [-0.25, -0.2) is 9.55 Å². The number of hydrogen-bond donors (Lipinski definition) is 1. The first kappa shape index (κ1) is 32.2. The first-order valence-electron chi connectivity index (χ1n) is 16.8. The predicted molar refractivity (Wildman–Crippen MR) is 173 cm³/mol. The van der Waals surface area contributed by atoms with E-state index in [9.17, 15) is 0 Å². The monoisotopic (exact) mass is 543 g/mol. The normalized spacial score (nSPS) is 13.8. The lowest BCUT2D eigenvalue weighted by molar-refractivity contribution is -0.704. The van der Waals surface area contributed by atoms with Crippen LogP contribution in [0.5, 0.6) is 0 Å². The Morgan fingerprint density at radius 3 is 1.73 bits per heavy atom. The van der Waals surface area contributed by atoms with Gasteiger partial charge in [-0.2, -0.15) is 0 Å². The van der Waals surface area contributed by atoms with Gasteiger partial charge in [-0.1, -0.05) is 171 Å².